The first-order valence-corrected chi connectivity index (χ1v) is 7.36. The van der Waals surface area contributed by atoms with Gasteiger partial charge in [0.2, 0.25) is 0 Å². The molecule has 1 saturated carbocycles. The lowest BCUT2D eigenvalue weighted by atomic mass is 10.1. The first-order chi connectivity index (χ1) is 9.33. The average Bonchev–Trinajstić information content (AvgIpc) is 2.83. The maximum atomic E-state index is 12.5. The van der Waals surface area contributed by atoms with Gasteiger partial charge in [-0.2, -0.15) is 0 Å². The number of nitrogens with zero attached hydrogens (tertiary/aromatic N) is 1. The van der Waals surface area contributed by atoms with Crippen LogP contribution in [0.2, 0.25) is 0 Å². The molecule has 1 aliphatic carbocycles. The number of hydrogen-bond acceptors (Lipinski definition) is 3. The minimum absolute atomic E-state index is 0.0918. The Hall–Kier alpha value is -1.29. The highest BCUT2D eigenvalue weighted by Crippen LogP contribution is 2.23. The van der Waals surface area contributed by atoms with Gasteiger partial charge < -0.3 is 15.1 Å². The van der Waals surface area contributed by atoms with Gasteiger partial charge in [-0.3, -0.25) is 4.79 Å². The third kappa shape index (κ3) is 3.83. The zero-order chi connectivity index (χ0) is 13.5. The average molecular weight is 264 g/mol. The number of carbonyl (C=O) groups excluding carboxylic acids is 1. The Labute approximate surface area is 114 Å². The van der Waals surface area contributed by atoms with Crippen LogP contribution in [0.1, 0.15) is 55.3 Å². The highest BCUT2D eigenvalue weighted by molar-refractivity contribution is 5.94. The molecule has 1 aliphatic rings. The first kappa shape index (κ1) is 14.1. The molecule has 0 aliphatic heterocycles. The maximum Gasteiger partial charge on any atom is 0.257 e. The van der Waals surface area contributed by atoms with Crippen LogP contribution in [0, 0.1) is 0 Å². The van der Waals surface area contributed by atoms with E-state index in [1.54, 1.807) is 12.3 Å². The SMILES string of the molecule is NCCCN(C(=O)c1ccoc1)C1CCCCCC1. The molecular weight excluding hydrogens is 240 g/mol. The van der Waals surface area contributed by atoms with E-state index in [1.807, 2.05) is 4.90 Å². The van der Waals surface area contributed by atoms with E-state index >= 15 is 0 Å². The van der Waals surface area contributed by atoms with Crippen molar-refractivity contribution in [1.82, 2.24) is 4.90 Å². The van der Waals surface area contributed by atoms with Gasteiger partial charge in [-0.25, -0.2) is 0 Å². The molecule has 0 spiro atoms. The summed E-state index contributed by atoms with van der Waals surface area (Å²) < 4.78 is 5.03. The van der Waals surface area contributed by atoms with Crippen molar-refractivity contribution in [2.24, 2.45) is 5.73 Å². The largest absolute Gasteiger partial charge is 0.472 e. The Kier molecular flexibility index (Phi) is 5.45. The third-order valence-corrected chi connectivity index (χ3v) is 3.90. The quantitative estimate of drug-likeness (QED) is 0.832. The second-order valence-corrected chi connectivity index (χ2v) is 5.30. The number of carbonyl (C=O) groups is 1. The van der Waals surface area contributed by atoms with Gasteiger partial charge in [-0.15, -0.1) is 0 Å². The molecule has 1 fully saturated rings. The standard InChI is InChI=1S/C15H24N2O2/c16-9-5-10-17(14-6-3-1-2-4-7-14)15(18)13-8-11-19-12-13/h8,11-12,14H,1-7,9-10,16H2. The van der Waals surface area contributed by atoms with Gasteiger partial charge in [0.25, 0.3) is 5.91 Å². The van der Waals surface area contributed by atoms with E-state index in [0.29, 0.717) is 18.2 Å². The Balaban J connectivity index is 2.07. The number of furan rings is 1. The molecule has 0 unspecified atom stereocenters. The molecule has 1 heterocycles. The lowest BCUT2D eigenvalue weighted by Crippen LogP contribution is -2.41. The summed E-state index contributed by atoms with van der Waals surface area (Å²) in [5, 5.41) is 0. The topological polar surface area (TPSA) is 59.5 Å². The van der Waals surface area contributed by atoms with Crippen LogP contribution in [-0.2, 0) is 0 Å². The molecule has 2 N–H and O–H groups in total. The predicted molar refractivity (Wildman–Crippen MR) is 74.9 cm³/mol. The van der Waals surface area contributed by atoms with Crippen LogP contribution in [-0.4, -0.2) is 29.9 Å². The monoisotopic (exact) mass is 264 g/mol. The molecular formula is C15H24N2O2. The molecule has 0 saturated heterocycles. The minimum Gasteiger partial charge on any atom is -0.472 e. The minimum atomic E-state index is 0.0918. The molecule has 1 aromatic rings. The van der Waals surface area contributed by atoms with Gasteiger partial charge in [0, 0.05) is 12.6 Å². The van der Waals surface area contributed by atoms with Crippen LogP contribution in [0.25, 0.3) is 0 Å². The van der Waals surface area contributed by atoms with Crippen molar-refractivity contribution < 1.29 is 9.21 Å². The molecule has 19 heavy (non-hydrogen) atoms. The predicted octanol–water partition coefficient (Wildman–Crippen LogP) is 2.79. The molecule has 4 heteroatoms. The molecule has 0 bridgehead atoms. The molecule has 4 nitrogen and oxygen atoms in total. The second-order valence-electron chi connectivity index (χ2n) is 5.30. The fourth-order valence-electron chi connectivity index (χ4n) is 2.83. The van der Waals surface area contributed by atoms with E-state index in [2.05, 4.69) is 0 Å². The lowest BCUT2D eigenvalue weighted by molar-refractivity contribution is 0.0658. The number of nitrogens with two attached hydrogens (primary N) is 1. The van der Waals surface area contributed by atoms with Crippen molar-refractivity contribution in [3.63, 3.8) is 0 Å². The van der Waals surface area contributed by atoms with Gasteiger partial charge in [0.15, 0.2) is 0 Å². The van der Waals surface area contributed by atoms with Gasteiger partial charge in [-0.05, 0) is 31.9 Å². The molecule has 1 amide bonds. The Morgan fingerprint density at radius 2 is 2.05 bits per heavy atom. The van der Waals surface area contributed by atoms with Crippen LogP contribution in [0.5, 0.6) is 0 Å². The van der Waals surface area contributed by atoms with Crippen molar-refractivity contribution in [2.75, 3.05) is 13.1 Å². The van der Waals surface area contributed by atoms with E-state index in [9.17, 15) is 4.79 Å². The summed E-state index contributed by atoms with van der Waals surface area (Å²) in [4.78, 5) is 14.6. The Morgan fingerprint density at radius 1 is 1.32 bits per heavy atom. The second kappa shape index (κ2) is 7.34. The molecule has 106 valence electrons. The fourth-order valence-corrected chi connectivity index (χ4v) is 2.83. The lowest BCUT2D eigenvalue weighted by Gasteiger charge is -2.31. The zero-order valence-electron chi connectivity index (χ0n) is 11.5. The van der Waals surface area contributed by atoms with Crippen molar-refractivity contribution in [1.29, 1.82) is 0 Å². The van der Waals surface area contributed by atoms with E-state index in [0.717, 1.165) is 25.8 Å². The Morgan fingerprint density at radius 3 is 2.63 bits per heavy atom. The fraction of sp³-hybridized carbons (Fsp3) is 0.667. The van der Waals surface area contributed by atoms with E-state index in [4.69, 9.17) is 10.2 Å². The number of hydrogen-bond donors (Lipinski definition) is 1. The van der Waals surface area contributed by atoms with E-state index in [-0.39, 0.29) is 5.91 Å². The van der Waals surface area contributed by atoms with Crippen LogP contribution in [0.3, 0.4) is 0 Å². The normalized spacial score (nSPS) is 17.1. The molecule has 2 rings (SSSR count). The van der Waals surface area contributed by atoms with Crippen molar-refractivity contribution in [2.45, 2.75) is 51.0 Å². The summed E-state index contributed by atoms with van der Waals surface area (Å²) in [5.74, 6) is 0.0918. The summed E-state index contributed by atoms with van der Waals surface area (Å²) in [6, 6.07) is 2.12. The molecule has 0 aromatic carbocycles. The van der Waals surface area contributed by atoms with Crippen LogP contribution < -0.4 is 5.73 Å². The highest BCUT2D eigenvalue weighted by Gasteiger charge is 2.25. The smallest absolute Gasteiger partial charge is 0.257 e. The summed E-state index contributed by atoms with van der Waals surface area (Å²) in [7, 11) is 0. The van der Waals surface area contributed by atoms with Gasteiger partial charge in [0.05, 0.1) is 11.8 Å². The van der Waals surface area contributed by atoms with Gasteiger partial charge in [-0.1, -0.05) is 25.7 Å². The number of amides is 1. The molecule has 0 radical (unpaired) electrons. The van der Waals surface area contributed by atoms with Crippen molar-refractivity contribution in [3.8, 4) is 0 Å². The van der Waals surface area contributed by atoms with Gasteiger partial charge >= 0.3 is 0 Å². The summed E-state index contributed by atoms with van der Waals surface area (Å²) >= 11 is 0. The maximum absolute atomic E-state index is 12.5. The van der Waals surface area contributed by atoms with Crippen LogP contribution >= 0.6 is 0 Å². The number of rotatable bonds is 5. The summed E-state index contributed by atoms with van der Waals surface area (Å²) in [6.45, 7) is 1.38. The van der Waals surface area contributed by atoms with Gasteiger partial charge in [0.1, 0.15) is 6.26 Å². The summed E-state index contributed by atoms with van der Waals surface area (Å²) in [6.07, 6.45) is 11.2. The molecule has 0 atom stereocenters. The first-order valence-electron chi connectivity index (χ1n) is 7.36. The summed E-state index contributed by atoms with van der Waals surface area (Å²) in [5.41, 5.74) is 6.25. The zero-order valence-corrected chi connectivity index (χ0v) is 11.5. The van der Waals surface area contributed by atoms with Crippen molar-refractivity contribution >= 4 is 5.91 Å². The molecule has 1 aromatic heterocycles. The van der Waals surface area contributed by atoms with E-state index in [1.165, 1.54) is 31.9 Å². The van der Waals surface area contributed by atoms with E-state index < -0.39 is 0 Å². The third-order valence-electron chi connectivity index (χ3n) is 3.90. The Bertz CT molecular complexity index is 368. The van der Waals surface area contributed by atoms with Crippen LogP contribution in [0.15, 0.2) is 23.0 Å². The van der Waals surface area contributed by atoms with Crippen molar-refractivity contribution in [3.05, 3.63) is 24.2 Å². The highest BCUT2D eigenvalue weighted by atomic mass is 16.3. The van der Waals surface area contributed by atoms with Crippen LogP contribution in [0.4, 0.5) is 0 Å².